The lowest BCUT2D eigenvalue weighted by Gasteiger charge is -2.07. The molecule has 0 amide bonds. The minimum atomic E-state index is -0.982. The van der Waals surface area contributed by atoms with Crippen molar-refractivity contribution in [3.63, 3.8) is 0 Å². The summed E-state index contributed by atoms with van der Waals surface area (Å²) in [5, 5.41) is 0. The van der Waals surface area contributed by atoms with E-state index in [0.29, 0.717) is 5.57 Å². The van der Waals surface area contributed by atoms with Gasteiger partial charge in [0.25, 0.3) is 0 Å². The van der Waals surface area contributed by atoms with Crippen LogP contribution in [0.3, 0.4) is 0 Å². The van der Waals surface area contributed by atoms with Crippen LogP contribution in [-0.2, 0) is 0 Å². The van der Waals surface area contributed by atoms with Crippen molar-refractivity contribution in [3.05, 3.63) is 23.6 Å². The molecule has 0 bridgehead atoms. The van der Waals surface area contributed by atoms with Gasteiger partial charge in [-0.1, -0.05) is 0 Å². The summed E-state index contributed by atoms with van der Waals surface area (Å²) in [6.07, 6.45) is 1.78. The summed E-state index contributed by atoms with van der Waals surface area (Å²) in [5.41, 5.74) is 0.411. The Morgan fingerprint density at radius 1 is 1.67 bits per heavy atom. The third-order valence-electron chi connectivity index (χ3n) is 1.33. The second-order valence-corrected chi connectivity index (χ2v) is 2.15. The van der Waals surface area contributed by atoms with Gasteiger partial charge in [-0.2, -0.15) is 0 Å². The van der Waals surface area contributed by atoms with Crippen LogP contribution in [0.2, 0.25) is 0 Å². The molecule has 0 saturated heterocycles. The summed E-state index contributed by atoms with van der Waals surface area (Å²) in [6, 6.07) is 0. The lowest BCUT2D eigenvalue weighted by Crippen LogP contribution is -1.99. The summed E-state index contributed by atoms with van der Waals surface area (Å²) in [4.78, 5) is 0. The molecule has 0 fully saturated rings. The van der Waals surface area contributed by atoms with Crippen molar-refractivity contribution in [2.45, 2.75) is 19.5 Å². The summed E-state index contributed by atoms with van der Waals surface area (Å²) >= 11 is 0. The molecule has 2 heteroatoms. The molecule has 0 nitrogen and oxygen atoms in total. The predicted octanol–water partition coefficient (Wildman–Crippen LogP) is 2.53. The molecule has 9 heavy (non-hydrogen) atoms. The van der Waals surface area contributed by atoms with Crippen LogP contribution in [0.15, 0.2) is 23.6 Å². The molecular weight excluding hydrogens is 122 g/mol. The van der Waals surface area contributed by atoms with Gasteiger partial charge in [-0.05, 0) is 24.6 Å². The van der Waals surface area contributed by atoms with Crippen molar-refractivity contribution < 1.29 is 8.78 Å². The Labute approximate surface area is 52.9 Å². The molecule has 1 aliphatic rings. The van der Waals surface area contributed by atoms with Gasteiger partial charge >= 0.3 is 0 Å². The lowest BCUT2D eigenvalue weighted by molar-refractivity contribution is 0.393. The summed E-state index contributed by atoms with van der Waals surface area (Å²) in [6.45, 7) is 1.57. The molecule has 0 saturated carbocycles. The summed E-state index contributed by atoms with van der Waals surface area (Å²) < 4.78 is 24.7. The molecule has 1 atom stereocenters. The van der Waals surface area contributed by atoms with E-state index in [9.17, 15) is 8.78 Å². The Kier molecular flexibility index (Phi) is 1.65. The predicted molar refractivity (Wildman–Crippen MR) is 32.5 cm³/mol. The van der Waals surface area contributed by atoms with Crippen molar-refractivity contribution in [3.8, 4) is 0 Å². The first-order chi connectivity index (χ1) is 4.20. The number of alkyl halides is 1. The highest BCUT2D eigenvalue weighted by Crippen LogP contribution is 2.20. The Hall–Kier alpha value is -0.660. The zero-order valence-electron chi connectivity index (χ0n) is 5.20. The highest BCUT2D eigenvalue weighted by molar-refractivity contribution is 5.28. The van der Waals surface area contributed by atoms with Gasteiger partial charge in [0.2, 0.25) is 0 Å². The topological polar surface area (TPSA) is 0 Å². The zero-order valence-corrected chi connectivity index (χ0v) is 5.20. The van der Waals surface area contributed by atoms with Crippen molar-refractivity contribution in [1.29, 1.82) is 0 Å². The monoisotopic (exact) mass is 130 g/mol. The Morgan fingerprint density at radius 3 is 2.78 bits per heavy atom. The molecule has 0 aliphatic heterocycles. The van der Waals surface area contributed by atoms with E-state index >= 15 is 0 Å². The van der Waals surface area contributed by atoms with E-state index in [1.165, 1.54) is 12.2 Å². The van der Waals surface area contributed by atoms with E-state index in [0.717, 1.165) is 0 Å². The van der Waals surface area contributed by atoms with Crippen LogP contribution in [0.25, 0.3) is 0 Å². The van der Waals surface area contributed by atoms with E-state index < -0.39 is 6.17 Å². The highest BCUT2D eigenvalue weighted by atomic mass is 19.1. The first-order valence-corrected chi connectivity index (χ1v) is 2.88. The number of rotatable bonds is 0. The second kappa shape index (κ2) is 2.29. The van der Waals surface area contributed by atoms with Crippen molar-refractivity contribution in [1.82, 2.24) is 0 Å². The third kappa shape index (κ3) is 1.37. The molecule has 0 unspecified atom stereocenters. The molecule has 0 aromatic carbocycles. The molecule has 0 radical (unpaired) electrons. The van der Waals surface area contributed by atoms with Gasteiger partial charge in [0.1, 0.15) is 12.0 Å². The van der Waals surface area contributed by atoms with Gasteiger partial charge in [-0.25, -0.2) is 8.78 Å². The van der Waals surface area contributed by atoms with Crippen LogP contribution < -0.4 is 0 Å². The van der Waals surface area contributed by atoms with Crippen LogP contribution in [0, 0.1) is 0 Å². The Balaban J connectivity index is 2.75. The van der Waals surface area contributed by atoms with E-state index in [1.54, 1.807) is 6.92 Å². The van der Waals surface area contributed by atoms with Crippen LogP contribution in [0.4, 0.5) is 8.78 Å². The molecule has 0 heterocycles. The van der Waals surface area contributed by atoms with Gasteiger partial charge in [0, 0.05) is 6.42 Å². The molecule has 1 rings (SSSR count). The van der Waals surface area contributed by atoms with E-state index in [-0.39, 0.29) is 12.2 Å². The maximum atomic E-state index is 12.4. The average molecular weight is 130 g/mol. The van der Waals surface area contributed by atoms with Gasteiger partial charge in [-0.3, -0.25) is 0 Å². The largest absolute Gasteiger partial charge is 0.243 e. The minimum absolute atomic E-state index is 0.184. The van der Waals surface area contributed by atoms with Crippen LogP contribution in [0.1, 0.15) is 13.3 Å². The summed E-state index contributed by atoms with van der Waals surface area (Å²) in [5.74, 6) is -0.288. The van der Waals surface area contributed by atoms with Gasteiger partial charge in [0.05, 0.1) is 0 Å². The first-order valence-electron chi connectivity index (χ1n) is 2.88. The Morgan fingerprint density at radius 2 is 2.33 bits per heavy atom. The molecule has 0 spiro atoms. The van der Waals surface area contributed by atoms with Gasteiger partial charge in [0.15, 0.2) is 0 Å². The van der Waals surface area contributed by atoms with E-state index in [2.05, 4.69) is 0 Å². The fourth-order valence-corrected chi connectivity index (χ4v) is 0.796. The number of halogens is 2. The number of allylic oxidation sites excluding steroid dienone is 4. The van der Waals surface area contributed by atoms with Crippen molar-refractivity contribution in [2.75, 3.05) is 0 Å². The molecule has 0 aromatic heterocycles. The third-order valence-corrected chi connectivity index (χ3v) is 1.33. The van der Waals surface area contributed by atoms with Crippen LogP contribution in [-0.4, -0.2) is 6.17 Å². The lowest BCUT2D eigenvalue weighted by atomic mass is 10.1. The maximum Gasteiger partial charge on any atom is 0.122 e. The highest BCUT2D eigenvalue weighted by Gasteiger charge is 2.10. The van der Waals surface area contributed by atoms with Crippen LogP contribution in [0.5, 0.6) is 0 Å². The van der Waals surface area contributed by atoms with E-state index in [4.69, 9.17) is 0 Å². The van der Waals surface area contributed by atoms with Crippen molar-refractivity contribution in [2.24, 2.45) is 0 Å². The number of hydrogen-bond donors (Lipinski definition) is 0. The number of hydrogen-bond acceptors (Lipinski definition) is 0. The van der Waals surface area contributed by atoms with Crippen LogP contribution >= 0.6 is 0 Å². The zero-order chi connectivity index (χ0) is 6.85. The second-order valence-electron chi connectivity index (χ2n) is 2.15. The molecule has 0 N–H and O–H groups in total. The molecule has 0 aromatic rings. The van der Waals surface area contributed by atoms with Crippen molar-refractivity contribution >= 4 is 0 Å². The fourth-order valence-electron chi connectivity index (χ4n) is 0.796. The average Bonchev–Trinajstić information content (AvgIpc) is 1.80. The van der Waals surface area contributed by atoms with E-state index in [1.807, 2.05) is 0 Å². The van der Waals surface area contributed by atoms with Gasteiger partial charge in [-0.15, -0.1) is 0 Å². The molecular formula is C7H8F2. The maximum absolute atomic E-state index is 12.4. The smallest absolute Gasteiger partial charge is 0.122 e. The molecule has 50 valence electrons. The quantitative estimate of drug-likeness (QED) is 0.472. The SMILES string of the molecule is CC1=C[C@H](F)CC=C1F. The fraction of sp³-hybridized carbons (Fsp3) is 0.429. The van der Waals surface area contributed by atoms with Gasteiger partial charge < -0.3 is 0 Å². The summed E-state index contributed by atoms with van der Waals surface area (Å²) in [7, 11) is 0. The standard InChI is InChI=1S/C7H8F2/c1-5-4-6(8)2-3-7(5)9/h3-4,6H,2H2,1H3/t6-/m1/s1. The minimum Gasteiger partial charge on any atom is -0.243 e. The first kappa shape index (κ1) is 6.46. The molecule has 1 aliphatic carbocycles. The Bertz CT molecular complexity index is 168. The normalized spacial score (nSPS) is 27.2.